The SMILES string of the molecule is O=C(CCCCCCCCCCSC(c1ccccc1)(c1ccccc1)c1ccccc1)NCCSCCCO[C@H]1O[C@H](CO)[C@@H](O)[C@H](O)[C@@H]1O. The zero-order valence-electron chi connectivity index (χ0n) is 29.7. The Bertz CT molecular complexity index is 1260. The lowest BCUT2D eigenvalue weighted by Crippen LogP contribution is -2.59. The zero-order valence-corrected chi connectivity index (χ0v) is 31.3. The molecule has 0 radical (unpaired) electrons. The Balaban J connectivity index is 1.01. The van der Waals surface area contributed by atoms with Gasteiger partial charge in [0.1, 0.15) is 24.4 Å². The van der Waals surface area contributed by atoms with Crippen LogP contribution in [0, 0.1) is 0 Å². The van der Waals surface area contributed by atoms with Gasteiger partial charge in [-0.15, -0.1) is 11.8 Å². The largest absolute Gasteiger partial charge is 0.394 e. The fourth-order valence-corrected chi connectivity index (χ4v) is 8.80. The van der Waals surface area contributed by atoms with Gasteiger partial charge in [0.2, 0.25) is 5.91 Å². The molecule has 3 aromatic carbocycles. The minimum Gasteiger partial charge on any atom is -0.394 e. The summed E-state index contributed by atoms with van der Waals surface area (Å²) >= 11 is 3.75. The molecule has 1 fully saturated rings. The molecule has 0 aromatic heterocycles. The van der Waals surface area contributed by atoms with Crippen LogP contribution in [0.3, 0.4) is 0 Å². The Kier molecular flexibility index (Phi) is 18.9. The van der Waals surface area contributed by atoms with Crippen molar-refractivity contribution in [2.24, 2.45) is 0 Å². The number of carbonyl (C=O) groups excluding carboxylic acids is 1. The van der Waals surface area contributed by atoms with E-state index in [1.54, 1.807) is 11.8 Å². The van der Waals surface area contributed by atoms with Gasteiger partial charge >= 0.3 is 0 Å². The van der Waals surface area contributed by atoms with Crippen molar-refractivity contribution >= 4 is 29.4 Å². The van der Waals surface area contributed by atoms with E-state index in [4.69, 9.17) is 9.47 Å². The van der Waals surface area contributed by atoms with E-state index >= 15 is 0 Å². The van der Waals surface area contributed by atoms with Crippen LogP contribution >= 0.6 is 23.5 Å². The number of aliphatic hydroxyl groups excluding tert-OH is 4. The highest BCUT2D eigenvalue weighted by molar-refractivity contribution is 8.00. The quantitative estimate of drug-likeness (QED) is 0.0533. The van der Waals surface area contributed by atoms with Crippen LogP contribution in [0.5, 0.6) is 0 Å². The van der Waals surface area contributed by atoms with Crippen LogP contribution in [0.1, 0.15) is 80.9 Å². The molecule has 10 heteroatoms. The number of hydrogen-bond donors (Lipinski definition) is 5. The lowest BCUT2D eigenvalue weighted by molar-refractivity contribution is -0.300. The van der Waals surface area contributed by atoms with Crippen molar-refractivity contribution in [3.8, 4) is 0 Å². The summed E-state index contributed by atoms with van der Waals surface area (Å²) in [5.41, 5.74) is 3.95. The maximum atomic E-state index is 12.2. The number of aliphatic hydroxyl groups is 4. The molecule has 0 saturated carbocycles. The van der Waals surface area contributed by atoms with Crippen molar-refractivity contribution in [1.29, 1.82) is 0 Å². The van der Waals surface area contributed by atoms with Gasteiger partial charge in [0.15, 0.2) is 6.29 Å². The summed E-state index contributed by atoms with van der Waals surface area (Å²) in [6.45, 7) is 0.453. The average molecular weight is 740 g/mol. The molecule has 5 N–H and O–H groups in total. The summed E-state index contributed by atoms with van der Waals surface area (Å²) in [6, 6.07) is 32.7. The van der Waals surface area contributed by atoms with Crippen LogP contribution in [0.2, 0.25) is 0 Å². The fourth-order valence-electron chi connectivity index (χ4n) is 6.46. The van der Waals surface area contributed by atoms with E-state index in [0.29, 0.717) is 26.0 Å². The third kappa shape index (κ3) is 12.9. The third-order valence-corrected chi connectivity index (χ3v) is 12.0. The molecule has 1 amide bonds. The summed E-state index contributed by atoms with van der Waals surface area (Å²) in [4.78, 5) is 12.2. The molecular formula is C41H57NO7S2. The highest BCUT2D eigenvalue weighted by Crippen LogP contribution is 2.48. The van der Waals surface area contributed by atoms with E-state index in [-0.39, 0.29) is 10.7 Å². The molecule has 0 spiro atoms. The molecule has 0 unspecified atom stereocenters. The number of rotatable bonds is 24. The maximum Gasteiger partial charge on any atom is 0.220 e. The summed E-state index contributed by atoms with van der Waals surface area (Å²) in [6.07, 6.45) is 4.30. The van der Waals surface area contributed by atoms with Crippen LogP contribution in [-0.4, -0.2) is 94.1 Å². The van der Waals surface area contributed by atoms with Crippen LogP contribution in [-0.2, 0) is 19.0 Å². The van der Waals surface area contributed by atoms with E-state index < -0.39 is 37.3 Å². The van der Waals surface area contributed by atoms with Crippen molar-refractivity contribution in [3.05, 3.63) is 108 Å². The van der Waals surface area contributed by atoms with Crippen molar-refractivity contribution in [2.75, 3.05) is 37.0 Å². The third-order valence-electron chi connectivity index (χ3n) is 9.29. The Morgan fingerprint density at radius 1 is 0.667 bits per heavy atom. The number of unbranched alkanes of at least 4 members (excludes halogenated alkanes) is 7. The number of thioether (sulfide) groups is 2. The van der Waals surface area contributed by atoms with E-state index in [0.717, 1.165) is 30.1 Å². The first-order chi connectivity index (χ1) is 25.0. The highest BCUT2D eigenvalue weighted by atomic mass is 32.2. The number of carbonyl (C=O) groups is 1. The monoisotopic (exact) mass is 739 g/mol. The number of amides is 1. The fraction of sp³-hybridized carbons (Fsp3) is 0.537. The molecule has 1 heterocycles. The second kappa shape index (κ2) is 23.3. The molecule has 1 saturated heterocycles. The molecule has 280 valence electrons. The van der Waals surface area contributed by atoms with E-state index in [1.165, 1.54) is 55.2 Å². The molecule has 4 rings (SSSR count). The van der Waals surface area contributed by atoms with Gasteiger partial charge in [-0.1, -0.05) is 130 Å². The molecule has 1 aliphatic rings. The Morgan fingerprint density at radius 2 is 1.20 bits per heavy atom. The highest BCUT2D eigenvalue weighted by Gasteiger charge is 2.44. The number of nitrogens with one attached hydrogen (secondary N) is 1. The standard InChI is InChI=1S/C41H57NO7S2/c43-31-35-37(45)38(46)39(47)40(49-35)48-27-18-28-50-30-26-42-36(44)25-16-5-3-1-2-4-6-17-29-51-41(32-19-10-7-11-20-32,33-21-12-8-13-22-33)34-23-14-9-15-24-34/h7-15,19-24,35,37-40,43,45-47H,1-6,16-18,25-31H2,(H,42,44)/t35-,37-,38+,39+,40+/m1/s1. The molecule has 5 atom stereocenters. The predicted molar refractivity (Wildman–Crippen MR) is 208 cm³/mol. The summed E-state index contributed by atoms with van der Waals surface area (Å²) < 4.78 is 10.6. The van der Waals surface area contributed by atoms with Gasteiger partial charge in [-0.05, 0) is 47.5 Å². The molecule has 0 bridgehead atoms. The molecule has 0 aliphatic carbocycles. The zero-order chi connectivity index (χ0) is 36.2. The summed E-state index contributed by atoms with van der Waals surface area (Å²) in [5, 5.41) is 42.0. The van der Waals surface area contributed by atoms with Gasteiger partial charge in [-0.3, -0.25) is 4.79 Å². The van der Waals surface area contributed by atoms with E-state index in [9.17, 15) is 25.2 Å². The Labute approximate surface area is 312 Å². The van der Waals surface area contributed by atoms with Crippen molar-refractivity contribution in [1.82, 2.24) is 5.32 Å². The first-order valence-corrected chi connectivity index (χ1v) is 20.7. The van der Waals surface area contributed by atoms with Crippen molar-refractivity contribution in [3.63, 3.8) is 0 Å². The molecule has 1 aliphatic heterocycles. The molecular weight excluding hydrogens is 683 g/mol. The Morgan fingerprint density at radius 3 is 1.75 bits per heavy atom. The lowest BCUT2D eigenvalue weighted by atomic mass is 9.84. The topological polar surface area (TPSA) is 128 Å². The van der Waals surface area contributed by atoms with Crippen LogP contribution in [0.4, 0.5) is 0 Å². The van der Waals surface area contributed by atoms with Gasteiger partial charge in [0, 0.05) is 18.7 Å². The van der Waals surface area contributed by atoms with Gasteiger partial charge < -0.3 is 35.2 Å². The maximum absolute atomic E-state index is 12.2. The molecule has 3 aromatic rings. The summed E-state index contributed by atoms with van der Waals surface area (Å²) in [7, 11) is 0. The second-order valence-electron chi connectivity index (χ2n) is 13.1. The van der Waals surface area contributed by atoms with Crippen LogP contribution in [0.15, 0.2) is 91.0 Å². The average Bonchev–Trinajstić information content (AvgIpc) is 3.17. The van der Waals surface area contributed by atoms with E-state index in [2.05, 4.69) is 96.3 Å². The smallest absolute Gasteiger partial charge is 0.220 e. The summed E-state index contributed by atoms with van der Waals surface area (Å²) in [5.74, 6) is 2.81. The molecule has 8 nitrogen and oxygen atoms in total. The first-order valence-electron chi connectivity index (χ1n) is 18.5. The van der Waals surface area contributed by atoms with Gasteiger partial charge in [0.05, 0.1) is 18.0 Å². The van der Waals surface area contributed by atoms with Crippen LogP contribution in [0.25, 0.3) is 0 Å². The van der Waals surface area contributed by atoms with Gasteiger partial charge in [-0.25, -0.2) is 0 Å². The minimum absolute atomic E-state index is 0.108. The van der Waals surface area contributed by atoms with Crippen LogP contribution < -0.4 is 5.32 Å². The van der Waals surface area contributed by atoms with Gasteiger partial charge in [-0.2, -0.15) is 11.8 Å². The number of ether oxygens (including phenoxy) is 2. The lowest BCUT2D eigenvalue weighted by Gasteiger charge is -2.39. The predicted octanol–water partition coefficient (Wildman–Crippen LogP) is 6.28. The number of hydrogen-bond acceptors (Lipinski definition) is 9. The Hall–Kier alpha value is -2.41. The normalized spacial score (nSPS) is 20.7. The van der Waals surface area contributed by atoms with Crippen molar-refractivity contribution in [2.45, 2.75) is 99.7 Å². The second-order valence-corrected chi connectivity index (χ2v) is 15.6. The van der Waals surface area contributed by atoms with E-state index in [1.807, 2.05) is 11.8 Å². The first kappa shape index (κ1) is 41.3. The van der Waals surface area contributed by atoms with Gasteiger partial charge in [0.25, 0.3) is 0 Å². The number of benzene rings is 3. The molecule has 51 heavy (non-hydrogen) atoms. The minimum atomic E-state index is -1.43. The van der Waals surface area contributed by atoms with Crippen molar-refractivity contribution < 1.29 is 34.7 Å².